The molecule has 116 valence electrons. The number of hydrogen-bond acceptors (Lipinski definition) is 5. The van der Waals surface area contributed by atoms with Gasteiger partial charge in [0.25, 0.3) is 0 Å². The smallest absolute Gasteiger partial charge is 0.341 e. The highest BCUT2D eigenvalue weighted by atomic mass is 32.1. The summed E-state index contributed by atoms with van der Waals surface area (Å²) in [5.41, 5.74) is 3.16. The highest BCUT2D eigenvalue weighted by molar-refractivity contribution is 7.15. The van der Waals surface area contributed by atoms with E-state index >= 15 is 0 Å². The molecule has 0 atom stereocenters. The van der Waals surface area contributed by atoms with Crippen molar-refractivity contribution in [3.8, 4) is 11.1 Å². The van der Waals surface area contributed by atoms with Crippen molar-refractivity contribution in [1.82, 2.24) is 0 Å². The number of carbonyl (C=O) groups is 2. The molecule has 0 amide bonds. The van der Waals surface area contributed by atoms with Gasteiger partial charge in [0, 0.05) is 10.9 Å². The van der Waals surface area contributed by atoms with Crippen LogP contribution in [0.25, 0.3) is 11.1 Å². The van der Waals surface area contributed by atoms with Crippen molar-refractivity contribution in [3.05, 3.63) is 40.8 Å². The van der Waals surface area contributed by atoms with E-state index in [4.69, 9.17) is 9.84 Å². The Morgan fingerprint density at radius 3 is 2.55 bits per heavy atom. The monoisotopic (exact) mass is 319 g/mol. The van der Waals surface area contributed by atoms with Gasteiger partial charge >= 0.3 is 11.9 Å². The molecular formula is C16H17NO4S. The Morgan fingerprint density at radius 2 is 1.95 bits per heavy atom. The summed E-state index contributed by atoms with van der Waals surface area (Å²) in [5, 5.41) is 13.9. The Balaban J connectivity index is 2.42. The summed E-state index contributed by atoms with van der Waals surface area (Å²) in [4.78, 5) is 22.9. The zero-order valence-corrected chi connectivity index (χ0v) is 13.2. The number of carbonyl (C=O) groups excluding carboxylic acids is 1. The molecule has 0 aliphatic rings. The van der Waals surface area contributed by atoms with Crippen molar-refractivity contribution in [2.24, 2.45) is 0 Å². The molecule has 1 aromatic carbocycles. The molecule has 6 heteroatoms. The first-order chi connectivity index (χ1) is 10.5. The molecule has 2 N–H and O–H groups in total. The van der Waals surface area contributed by atoms with Crippen molar-refractivity contribution in [2.45, 2.75) is 13.8 Å². The number of thiophene rings is 1. The Bertz CT molecular complexity index is 676. The second-order valence-corrected chi connectivity index (χ2v) is 5.57. The van der Waals surface area contributed by atoms with Crippen LogP contribution in [0.5, 0.6) is 0 Å². The van der Waals surface area contributed by atoms with Crippen LogP contribution in [0.3, 0.4) is 0 Å². The third-order valence-electron chi connectivity index (χ3n) is 3.03. The number of carboxylic acids is 1. The van der Waals surface area contributed by atoms with E-state index < -0.39 is 11.9 Å². The summed E-state index contributed by atoms with van der Waals surface area (Å²) in [7, 11) is 0. The van der Waals surface area contributed by atoms with Crippen LogP contribution in [-0.4, -0.2) is 30.2 Å². The predicted molar refractivity (Wildman–Crippen MR) is 86.6 cm³/mol. The average Bonchev–Trinajstić information content (AvgIpc) is 2.90. The lowest BCUT2D eigenvalue weighted by molar-refractivity contribution is -0.134. The van der Waals surface area contributed by atoms with Gasteiger partial charge in [-0.15, -0.1) is 11.3 Å². The summed E-state index contributed by atoms with van der Waals surface area (Å²) < 4.78 is 5.10. The Kier molecular flexibility index (Phi) is 5.16. The van der Waals surface area contributed by atoms with Gasteiger partial charge in [-0.25, -0.2) is 4.79 Å². The van der Waals surface area contributed by atoms with Crippen LogP contribution >= 0.6 is 11.3 Å². The SMILES string of the molecule is CCOC(=O)c1c(-c2ccc(C)cc2)csc1NCC(=O)O. The van der Waals surface area contributed by atoms with Gasteiger partial charge in [-0.3, -0.25) is 4.79 Å². The van der Waals surface area contributed by atoms with Crippen molar-refractivity contribution >= 4 is 28.3 Å². The number of ether oxygens (including phenoxy) is 1. The van der Waals surface area contributed by atoms with Gasteiger partial charge in [-0.05, 0) is 19.4 Å². The number of benzene rings is 1. The lowest BCUT2D eigenvalue weighted by Crippen LogP contribution is -2.14. The molecule has 0 unspecified atom stereocenters. The first-order valence-electron chi connectivity index (χ1n) is 6.84. The maximum atomic E-state index is 12.2. The van der Waals surface area contributed by atoms with Crippen LogP contribution < -0.4 is 5.32 Å². The van der Waals surface area contributed by atoms with Crippen LogP contribution in [0.15, 0.2) is 29.6 Å². The molecule has 0 saturated heterocycles. The van der Waals surface area contributed by atoms with Crippen LogP contribution in [0.4, 0.5) is 5.00 Å². The molecule has 0 aliphatic carbocycles. The zero-order valence-electron chi connectivity index (χ0n) is 12.4. The summed E-state index contributed by atoms with van der Waals surface area (Å²) in [6.45, 7) is 3.74. The number of carboxylic acid groups (broad SMARTS) is 1. The molecule has 1 aromatic heterocycles. The second-order valence-electron chi connectivity index (χ2n) is 4.69. The van der Waals surface area contributed by atoms with E-state index in [9.17, 15) is 9.59 Å². The van der Waals surface area contributed by atoms with Crippen molar-refractivity contribution in [1.29, 1.82) is 0 Å². The van der Waals surface area contributed by atoms with E-state index in [1.165, 1.54) is 11.3 Å². The van der Waals surface area contributed by atoms with Crippen LogP contribution in [0.1, 0.15) is 22.8 Å². The summed E-state index contributed by atoms with van der Waals surface area (Å²) >= 11 is 1.30. The van der Waals surface area contributed by atoms with Crippen molar-refractivity contribution in [2.75, 3.05) is 18.5 Å². The zero-order chi connectivity index (χ0) is 16.1. The molecule has 0 aliphatic heterocycles. The minimum Gasteiger partial charge on any atom is -0.480 e. The fourth-order valence-corrected chi connectivity index (χ4v) is 2.95. The third kappa shape index (κ3) is 3.65. The quantitative estimate of drug-likeness (QED) is 0.798. The number of aliphatic carboxylic acids is 1. The van der Waals surface area contributed by atoms with Gasteiger partial charge in [0.1, 0.15) is 17.1 Å². The second kappa shape index (κ2) is 7.09. The molecular weight excluding hydrogens is 302 g/mol. The van der Waals surface area contributed by atoms with E-state index in [2.05, 4.69) is 5.32 Å². The molecule has 1 heterocycles. The Morgan fingerprint density at radius 1 is 1.27 bits per heavy atom. The molecule has 22 heavy (non-hydrogen) atoms. The average molecular weight is 319 g/mol. The topological polar surface area (TPSA) is 75.6 Å². The van der Waals surface area contributed by atoms with E-state index in [0.717, 1.165) is 16.7 Å². The van der Waals surface area contributed by atoms with Crippen molar-refractivity contribution in [3.63, 3.8) is 0 Å². The van der Waals surface area contributed by atoms with E-state index in [-0.39, 0.29) is 13.2 Å². The number of hydrogen-bond donors (Lipinski definition) is 2. The number of rotatable bonds is 6. The first-order valence-corrected chi connectivity index (χ1v) is 7.72. The van der Waals surface area contributed by atoms with Gasteiger partial charge < -0.3 is 15.2 Å². The maximum Gasteiger partial charge on any atom is 0.341 e. The number of aryl methyl sites for hydroxylation is 1. The van der Waals surface area contributed by atoms with Crippen LogP contribution in [0.2, 0.25) is 0 Å². The van der Waals surface area contributed by atoms with Gasteiger partial charge in [-0.2, -0.15) is 0 Å². The Labute approximate surface area is 132 Å². The lowest BCUT2D eigenvalue weighted by atomic mass is 10.0. The fraction of sp³-hybridized carbons (Fsp3) is 0.250. The summed E-state index contributed by atoms with van der Waals surface area (Å²) in [5.74, 6) is -1.44. The van der Waals surface area contributed by atoms with Gasteiger partial charge in [0.05, 0.1) is 6.61 Å². The Hall–Kier alpha value is -2.34. The maximum absolute atomic E-state index is 12.2. The highest BCUT2D eigenvalue weighted by Gasteiger charge is 2.21. The molecule has 0 radical (unpaired) electrons. The molecule has 2 aromatic rings. The predicted octanol–water partition coefficient (Wildman–Crippen LogP) is 3.40. The molecule has 0 fully saturated rings. The lowest BCUT2D eigenvalue weighted by Gasteiger charge is -2.08. The summed E-state index contributed by atoms with van der Waals surface area (Å²) in [6, 6.07) is 7.79. The van der Waals surface area contributed by atoms with Crippen LogP contribution in [0, 0.1) is 6.92 Å². The largest absolute Gasteiger partial charge is 0.480 e. The van der Waals surface area contributed by atoms with Gasteiger partial charge in [0.15, 0.2) is 0 Å². The molecule has 2 rings (SSSR count). The minimum absolute atomic E-state index is 0.250. The molecule has 5 nitrogen and oxygen atoms in total. The fourth-order valence-electron chi connectivity index (χ4n) is 2.00. The highest BCUT2D eigenvalue weighted by Crippen LogP contribution is 2.36. The standard InChI is InChI=1S/C16H17NO4S/c1-3-21-16(20)14-12(11-6-4-10(2)5-7-11)9-22-15(14)17-8-13(18)19/h4-7,9,17H,3,8H2,1-2H3,(H,18,19). The van der Waals surface area contributed by atoms with Gasteiger partial charge in [-0.1, -0.05) is 29.8 Å². The van der Waals surface area contributed by atoms with Gasteiger partial charge in [0.2, 0.25) is 0 Å². The number of esters is 1. The molecule has 0 spiro atoms. The van der Waals surface area contributed by atoms with E-state index in [0.29, 0.717) is 10.6 Å². The van der Waals surface area contributed by atoms with E-state index in [1.807, 2.05) is 36.6 Å². The first kappa shape index (κ1) is 16.0. The number of nitrogens with one attached hydrogen (secondary N) is 1. The number of anilines is 1. The minimum atomic E-state index is -0.986. The molecule has 0 bridgehead atoms. The van der Waals surface area contributed by atoms with E-state index in [1.54, 1.807) is 6.92 Å². The molecule has 0 saturated carbocycles. The third-order valence-corrected chi connectivity index (χ3v) is 3.97. The normalized spacial score (nSPS) is 10.3. The summed E-state index contributed by atoms with van der Waals surface area (Å²) in [6.07, 6.45) is 0. The van der Waals surface area contributed by atoms with Crippen molar-refractivity contribution < 1.29 is 19.4 Å². The van der Waals surface area contributed by atoms with Crippen LogP contribution in [-0.2, 0) is 9.53 Å².